The van der Waals surface area contributed by atoms with Crippen LogP contribution in [-0.2, 0) is 0 Å². The van der Waals surface area contributed by atoms with Crippen molar-refractivity contribution in [2.45, 2.75) is 6.10 Å². The second kappa shape index (κ2) is 4.48. The average molecular weight is 260 g/mol. The predicted molar refractivity (Wildman–Crippen MR) is 71.1 cm³/mol. The second-order valence-electron chi connectivity index (χ2n) is 3.98. The van der Waals surface area contributed by atoms with E-state index in [0.717, 1.165) is 21.6 Å². The van der Waals surface area contributed by atoms with Gasteiger partial charge in [-0.25, -0.2) is 0 Å². The Morgan fingerprint density at radius 1 is 1.28 bits per heavy atom. The minimum Gasteiger partial charge on any atom is -0.496 e. The van der Waals surface area contributed by atoms with Gasteiger partial charge in [-0.3, -0.25) is 0 Å². The summed E-state index contributed by atoms with van der Waals surface area (Å²) in [5, 5.41) is 13.1. The van der Waals surface area contributed by atoms with E-state index in [1.54, 1.807) is 7.11 Å². The molecule has 3 nitrogen and oxygen atoms in total. The van der Waals surface area contributed by atoms with Crippen LogP contribution >= 0.6 is 11.3 Å². The Morgan fingerprint density at radius 3 is 2.83 bits per heavy atom. The van der Waals surface area contributed by atoms with Gasteiger partial charge in [0.1, 0.15) is 23.2 Å². The Balaban J connectivity index is 1.98. The summed E-state index contributed by atoms with van der Waals surface area (Å²) < 4.78 is 10.8. The lowest BCUT2D eigenvalue weighted by atomic mass is 10.2. The highest BCUT2D eigenvalue weighted by Crippen LogP contribution is 2.33. The molecule has 0 amide bonds. The summed E-state index contributed by atoms with van der Waals surface area (Å²) in [5.74, 6) is 1.31. The summed E-state index contributed by atoms with van der Waals surface area (Å²) in [6.07, 6.45) is -0.744. The number of rotatable bonds is 3. The summed E-state index contributed by atoms with van der Waals surface area (Å²) in [5.41, 5.74) is 0.787. The molecule has 0 spiro atoms. The molecule has 2 heterocycles. The van der Waals surface area contributed by atoms with Crippen LogP contribution in [0.1, 0.15) is 16.7 Å². The van der Waals surface area contributed by atoms with E-state index in [-0.39, 0.29) is 0 Å². The molecular formula is C14H12O3S. The first kappa shape index (κ1) is 11.3. The molecule has 3 rings (SSSR count). The minimum atomic E-state index is -0.744. The van der Waals surface area contributed by atoms with Gasteiger partial charge in [0.15, 0.2) is 0 Å². The monoisotopic (exact) mass is 260 g/mol. The summed E-state index contributed by atoms with van der Waals surface area (Å²) in [6.45, 7) is 0. The van der Waals surface area contributed by atoms with Crippen molar-refractivity contribution in [3.05, 3.63) is 52.4 Å². The Labute approximate surface area is 108 Å². The standard InChI is InChI=1S/C14H12O3S/c1-16-10-7-13(18-8-10)14(15)12-6-9-4-2-3-5-11(9)17-12/h2-8,14-15H,1H3. The van der Waals surface area contributed by atoms with Gasteiger partial charge in [0, 0.05) is 15.6 Å². The molecule has 1 aromatic carbocycles. The molecule has 0 radical (unpaired) electrons. The third-order valence-electron chi connectivity index (χ3n) is 2.81. The molecule has 0 aliphatic rings. The smallest absolute Gasteiger partial charge is 0.146 e. The molecule has 0 saturated heterocycles. The third-order valence-corrected chi connectivity index (χ3v) is 3.78. The van der Waals surface area contributed by atoms with Crippen LogP contribution in [0.3, 0.4) is 0 Å². The van der Waals surface area contributed by atoms with Crippen LogP contribution in [0.4, 0.5) is 0 Å². The van der Waals surface area contributed by atoms with Crippen LogP contribution in [0.5, 0.6) is 5.75 Å². The first-order valence-corrected chi connectivity index (χ1v) is 6.45. The van der Waals surface area contributed by atoms with E-state index in [4.69, 9.17) is 9.15 Å². The van der Waals surface area contributed by atoms with Crippen molar-refractivity contribution in [3.8, 4) is 5.75 Å². The van der Waals surface area contributed by atoms with E-state index in [1.165, 1.54) is 11.3 Å². The van der Waals surface area contributed by atoms with E-state index in [2.05, 4.69) is 0 Å². The minimum absolute atomic E-state index is 0.556. The zero-order valence-electron chi connectivity index (χ0n) is 9.79. The Kier molecular flexibility index (Phi) is 2.81. The van der Waals surface area contributed by atoms with Gasteiger partial charge in [0.05, 0.1) is 7.11 Å². The molecule has 1 unspecified atom stereocenters. The van der Waals surface area contributed by atoms with Crippen molar-refractivity contribution in [3.63, 3.8) is 0 Å². The van der Waals surface area contributed by atoms with Crippen molar-refractivity contribution >= 4 is 22.3 Å². The SMILES string of the molecule is COc1csc(C(O)c2cc3ccccc3o2)c1. The largest absolute Gasteiger partial charge is 0.496 e. The first-order chi connectivity index (χ1) is 8.78. The lowest BCUT2D eigenvalue weighted by Gasteiger charge is -2.03. The highest BCUT2D eigenvalue weighted by molar-refractivity contribution is 7.10. The second-order valence-corrected chi connectivity index (χ2v) is 4.92. The van der Waals surface area contributed by atoms with Crippen LogP contribution in [0, 0.1) is 0 Å². The Morgan fingerprint density at radius 2 is 2.11 bits per heavy atom. The van der Waals surface area contributed by atoms with Crippen LogP contribution < -0.4 is 4.74 Å². The van der Waals surface area contributed by atoms with E-state index in [1.807, 2.05) is 41.8 Å². The molecule has 0 aliphatic heterocycles. The number of methoxy groups -OCH3 is 1. The molecule has 1 atom stereocenters. The maximum absolute atomic E-state index is 10.3. The van der Waals surface area contributed by atoms with Gasteiger partial charge in [0.25, 0.3) is 0 Å². The molecule has 3 aromatic rings. The average Bonchev–Trinajstić information content (AvgIpc) is 3.04. The van der Waals surface area contributed by atoms with Gasteiger partial charge >= 0.3 is 0 Å². The summed E-state index contributed by atoms with van der Waals surface area (Å²) in [6, 6.07) is 11.4. The number of benzene rings is 1. The predicted octanol–water partition coefficient (Wildman–Crippen LogP) is 3.58. The van der Waals surface area contributed by atoms with Gasteiger partial charge < -0.3 is 14.3 Å². The quantitative estimate of drug-likeness (QED) is 0.782. The van der Waals surface area contributed by atoms with E-state index in [9.17, 15) is 5.11 Å². The molecule has 0 fully saturated rings. The maximum Gasteiger partial charge on any atom is 0.146 e. The number of hydrogen-bond acceptors (Lipinski definition) is 4. The van der Waals surface area contributed by atoms with Crippen molar-refractivity contribution < 1.29 is 14.3 Å². The fourth-order valence-electron chi connectivity index (χ4n) is 1.86. The lowest BCUT2D eigenvalue weighted by Crippen LogP contribution is -1.94. The first-order valence-electron chi connectivity index (χ1n) is 5.57. The third kappa shape index (κ3) is 1.89. The van der Waals surface area contributed by atoms with E-state index < -0.39 is 6.10 Å². The molecule has 92 valence electrons. The van der Waals surface area contributed by atoms with Gasteiger partial charge in [-0.15, -0.1) is 11.3 Å². The fourth-order valence-corrected chi connectivity index (χ4v) is 2.71. The van der Waals surface area contributed by atoms with Crippen molar-refractivity contribution in [1.82, 2.24) is 0 Å². The molecule has 2 aromatic heterocycles. The molecule has 4 heteroatoms. The summed E-state index contributed by atoms with van der Waals surface area (Å²) >= 11 is 1.45. The molecule has 18 heavy (non-hydrogen) atoms. The Hall–Kier alpha value is -1.78. The maximum atomic E-state index is 10.3. The van der Waals surface area contributed by atoms with Gasteiger partial charge in [-0.2, -0.15) is 0 Å². The highest BCUT2D eigenvalue weighted by Gasteiger charge is 2.17. The van der Waals surface area contributed by atoms with E-state index in [0.29, 0.717) is 5.76 Å². The molecule has 0 bridgehead atoms. The van der Waals surface area contributed by atoms with Crippen LogP contribution in [-0.4, -0.2) is 12.2 Å². The number of fused-ring (bicyclic) bond motifs is 1. The lowest BCUT2D eigenvalue weighted by molar-refractivity contribution is 0.195. The molecule has 0 aliphatic carbocycles. The fraction of sp³-hybridized carbons (Fsp3) is 0.143. The Bertz CT molecular complexity index is 635. The normalized spacial score (nSPS) is 12.8. The number of aliphatic hydroxyl groups is 1. The number of furan rings is 1. The number of thiophene rings is 1. The number of aliphatic hydroxyl groups excluding tert-OH is 1. The number of ether oxygens (including phenoxy) is 1. The van der Waals surface area contributed by atoms with Crippen molar-refractivity contribution in [1.29, 1.82) is 0 Å². The van der Waals surface area contributed by atoms with E-state index >= 15 is 0 Å². The molecular weight excluding hydrogens is 248 g/mol. The molecule has 0 saturated carbocycles. The van der Waals surface area contributed by atoms with Gasteiger partial charge in [-0.05, 0) is 18.2 Å². The molecule has 1 N–H and O–H groups in total. The van der Waals surface area contributed by atoms with Gasteiger partial charge in [-0.1, -0.05) is 18.2 Å². The zero-order chi connectivity index (χ0) is 12.5. The number of para-hydroxylation sites is 1. The summed E-state index contributed by atoms with van der Waals surface area (Å²) in [7, 11) is 1.61. The van der Waals surface area contributed by atoms with Gasteiger partial charge in [0.2, 0.25) is 0 Å². The topological polar surface area (TPSA) is 42.6 Å². The number of hydrogen-bond donors (Lipinski definition) is 1. The highest BCUT2D eigenvalue weighted by atomic mass is 32.1. The van der Waals surface area contributed by atoms with Crippen molar-refractivity contribution in [2.24, 2.45) is 0 Å². The van der Waals surface area contributed by atoms with Crippen LogP contribution in [0.2, 0.25) is 0 Å². The van der Waals surface area contributed by atoms with Crippen LogP contribution in [0.25, 0.3) is 11.0 Å². The van der Waals surface area contributed by atoms with Crippen LogP contribution in [0.15, 0.2) is 46.2 Å². The summed E-state index contributed by atoms with van der Waals surface area (Å²) in [4.78, 5) is 0.811. The van der Waals surface area contributed by atoms with Crippen molar-refractivity contribution in [2.75, 3.05) is 7.11 Å². The zero-order valence-corrected chi connectivity index (χ0v) is 10.6.